The molecule has 0 heterocycles. The first-order valence-electron chi connectivity index (χ1n) is 10.5. The van der Waals surface area contributed by atoms with Crippen LogP contribution in [0.5, 0.6) is 5.75 Å². The smallest absolute Gasteiger partial charge is 0.328 e. The van der Waals surface area contributed by atoms with Gasteiger partial charge in [0.25, 0.3) is 5.91 Å². The van der Waals surface area contributed by atoms with Crippen molar-refractivity contribution in [1.82, 2.24) is 5.32 Å². The van der Waals surface area contributed by atoms with Gasteiger partial charge in [0.05, 0.1) is 12.7 Å². The Kier molecular flexibility index (Phi) is 6.54. The molecule has 1 atom stereocenters. The Morgan fingerprint density at radius 2 is 1.50 bits per heavy atom. The third-order valence-electron chi connectivity index (χ3n) is 5.49. The molecule has 34 heavy (non-hydrogen) atoms. The Morgan fingerprint density at radius 1 is 0.882 bits per heavy atom. The number of fused-ring (bicyclic) bond motifs is 1. The molecule has 4 aromatic carbocycles. The lowest BCUT2D eigenvalue weighted by Crippen LogP contribution is -2.43. The van der Waals surface area contributed by atoms with E-state index in [1.165, 1.54) is 25.3 Å². The molecule has 0 fully saturated rings. The normalized spacial score (nSPS) is 11.7. The fourth-order valence-electron chi connectivity index (χ4n) is 3.77. The van der Waals surface area contributed by atoms with Crippen molar-refractivity contribution < 1.29 is 28.2 Å². The van der Waals surface area contributed by atoms with Gasteiger partial charge in [0.15, 0.2) is 0 Å². The number of methoxy groups -OCH3 is 1. The predicted molar refractivity (Wildman–Crippen MR) is 124 cm³/mol. The summed E-state index contributed by atoms with van der Waals surface area (Å²) in [7, 11) is 1.22. The minimum Gasteiger partial charge on any atom is -0.507 e. The molecule has 0 saturated carbocycles. The van der Waals surface area contributed by atoms with Gasteiger partial charge in [-0.15, -0.1) is 0 Å². The Hall–Kier alpha value is -4.26. The van der Waals surface area contributed by atoms with Crippen molar-refractivity contribution in [2.24, 2.45) is 0 Å². The summed E-state index contributed by atoms with van der Waals surface area (Å²) in [6.07, 6.45) is 0.116. The summed E-state index contributed by atoms with van der Waals surface area (Å²) in [6, 6.07) is 19.3. The number of phenols is 1. The number of esters is 1. The van der Waals surface area contributed by atoms with E-state index in [1.807, 2.05) is 24.3 Å². The van der Waals surface area contributed by atoms with Crippen molar-refractivity contribution >= 4 is 22.6 Å². The second-order valence-corrected chi connectivity index (χ2v) is 7.82. The van der Waals surface area contributed by atoms with E-state index in [1.54, 1.807) is 30.3 Å². The highest BCUT2D eigenvalue weighted by Gasteiger charge is 2.24. The lowest BCUT2D eigenvalue weighted by atomic mass is 10.00. The topological polar surface area (TPSA) is 75.6 Å². The van der Waals surface area contributed by atoms with Crippen LogP contribution >= 0.6 is 0 Å². The summed E-state index contributed by atoms with van der Waals surface area (Å²) in [5.74, 6) is -2.82. The van der Waals surface area contributed by atoms with Gasteiger partial charge in [-0.2, -0.15) is 0 Å². The molecule has 2 N–H and O–H groups in total. The second-order valence-electron chi connectivity index (χ2n) is 7.82. The van der Waals surface area contributed by atoms with Gasteiger partial charge in [0.2, 0.25) is 0 Å². The minimum absolute atomic E-state index is 0.0380. The molecule has 5 nitrogen and oxygen atoms in total. The van der Waals surface area contributed by atoms with Crippen LogP contribution in [0.4, 0.5) is 8.78 Å². The zero-order chi connectivity index (χ0) is 24.2. The highest BCUT2D eigenvalue weighted by molar-refractivity contribution is 6.02. The SMILES string of the molecule is COC(=O)C(Cc1ccc(-c2cc(F)cc(F)c2)cc1)NC(=O)c1cc2ccccc2cc1O. The maximum atomic E-state index is 13.5. The lowest BCUT2D eigenvalue weighted by Gasteiger charge is -2.17. The number of nitrogens with one attached hydrogen (secondary N) is 1. The van der Waals surface area contributed by atoms with Crippen molar-refractivity contribution in [2.75, 3.05) is 7.11 Å². The van der Waals surface area contributed by atoms with Crippen LogP contribution in [-0.4, -0.2) is 30.1 Å². The van der Waals surface area contributed by atoms with Gasteiger partial charge < -0.3 is 15.2 Å². The summed E-state index contributed by atoms with van der Waals surface area (Å²) < 4.78 is 31.9. The standard InChI is InChI=1S/C27H21F2NO4/c1-34-27(33)24(30-26(32)23-13-18-4-2-3-5-19(18)14-25(23)31)10-16-6-8-17(9-7-16)20-11-21(28)15-22(29)12-20/h2-9,11-15,24,31H,10H2,1H3,(H,30,32). The van der Waals surface area contributed by atoms with Crippen molar-refractivity contribution in [3.63, 3.8) is 0 Å². The molecule has 0 aliphatic heterocycles. The van der Waals surface area contributed by atoms with Crippen molar-refractivity contribution in [2.45, 2.75) is 12.5 Å². The Labute approximate surface area is 194 Å². The summed E-state index contributed by atoms with van der Waals surface area (Å²) in [6.45, 7) is 0. The summed E-state index contributed by atoms with van der Waals surface area (Å²) in [4.78, 5) is 25.2. The number of amides is 1. The maximum Gasteiger partial charge on any atom is 0.328 e. The maximum absolute atomic E-state index is 13.5. The Balaban J connectivity index is 1.54. The van der Waals surface area contributed by atoms with Gasteiger partial charge in [-0.05, 0) is 51.7 Å². The van der Waals surface area contributed by atoms with Crippen LogP contribution in [0.1, 0.15) is 15.9 Å². The Morgan fingerprint density at radius 3 is 2.12 bits per heavy atom. The van der Waals surface area contributed by atoms with E-state index >= 15 is 0 Å². The first-order chi connectivity index (χ1) is 16.3. The molecule has 1 unspecified atom stereocenters. The highest BCUT2D eigenvalue weighted by atomic mass is 19.1. The predicted octanol–water partition coefficient (Wildman–Crippen LogP) is 5.00. The number of aromatic hydroxyl groups is 1. The van der Waals surface area contributed by atoms with Crippen LogP contribution in [0.25, 0.3) is 21.9 Å². The number of carbonyl (C=O) groups is 2. The molecular formula is C27H21F2NO4. The number of hydrogen-bond acceptors (Lipinski definition) is 4. The van der Waals surface area contributed by atoms with E-state index in [9.17, 15) is 23.5 Å². The first-order valence-corrected chi connectivity index (χ1v) is 10.5. The van der Waals surface area contributed by atoms with Crippen LogP contribution in [0.15, 0.2) is 78.9 Å². The van der Waals surface area contributed by atoms with Gasteiger partial charge in [0, 0.05) is 12.5 Å². The van der Waals surface area contributed by atoms with Crippen LogP contribution in [0.3, 0.4) is 0 Å². The van der Waals surface area contributed by atoms with Crippen LogP contribution < -0.4 is 5.32 Å². The highest BCUT2D eigenvalue weighted by Crippen LogP contribution is 2.26. The molecule has 172 valence electrons. The van der Waals surface area contributed by atoms with Crippen molar-refractivity contribution in [3.8, 4) is 16.9 Å². The number of benzene rings is 4. The molecule has 0 saturated heterocycles. The molecular weight excluding hydrogens is 440 g/mol. The molecule has 0 aliphatic rings. The van der Waals surface area contributed by atoms with E-state index in [0.717, 1.165) is 16.8 Å². The van der Waals surface area contributed by atoms with Gasteiger partial charge in [-0.25, -0.2) is 13.6 Å². The molecule has 0 aromatic heterocycles. The summed E-state index contributed by atoms with van der Waals surface area (Å²) >= 11 is 0. The number of phenolic OH excluding ortho intramolecular Hbond substituents is 1. The summed E-state index contributed by atoms with van der Waals surface area (Å²) in [5, 5.41) is 14.5. The average molecular weight is 461 g/mol. The molecule has 4 rings (SSSR count). The largest absolute Gasteiger partial charge is 0.507 e. The van der Waals surface area contributed by atoms with Crippen LogP contribution in [0.2, 0.25) is 0 Å². The zero-order valence-corrected chi connectivity index (χ0v) is 18.2. The number of hydrogen-bond donors (Lipinski definition) is 2. The third kappa shape index (κ3) is 5.04. The van der Waals surface area contributed by atoms with E-state index in [4.69, 9.17) is 4.74 Å². The third-order valence-corrected chi connectivity index (χ3v) is 5.49. The van der Waals surface area contributed by atoms with Crippen LogP contribution in [-0.2, 0) is 16.0 Å². The van der Waals surface area contributed by atoms with E-state index in [-0.39, 0.29) is 17.7 Å². The van der Waals surface area contributed by atoms with E-state index in [0.29, 0.717) is 16.7 Å². The van der Waals surface area contributed by atoms with Gasteiger partial charge in [-0.3, -0.25) is 4.79 Å². The number of ether oxygens (including phenoxy) is 1. The van der Waals surface area contributed by atoms with Crippen LogP contribution in [0, 0.1) is 11.6 Å². The second kappa shape index (κ2) is 9.70. The molecule has 7 heteroatoms. The molecule has 4 aromatic rings. The van der Waals surface area contributed by atoms with Crippen molar-refractivity contribution in [1.29, 1.82) is 0 Å². The van der Waals surface area contributed by atoms with E-state index < -0.39 is 29.6 Å². The molecule has 1 amide bonds. The van der Waals surface area contributed by atoms with Gasteiger partial charge >= 0.3 is 5.97 Å². The quantitative estimate of drug-likeness (QED) is 0.396. The number of carbonyl (C=O) groups excluding carboxylic acids is 2. The Bertz CT molecular complexity index is 1350. The van der Waals surface area contributed by atoms with Crippen molar-refractivity contribution in [3.05, 3.63) is 102 Å². The monoisotopic (exact) mass is 461 g/mol. The van der Waals surface area contributed by atoms with E-state index in [2.05, 4.69) is 5.32 Å². The fourth-order valence-corrected chi connectivity index (χ4v) is 3.77. The summed E-state index contributed by atoms with van der Waals surface area (Å²) in [5.41, 5.74) is 1.71. The number of halogens is 2. The fraction of sp³-hybridized carbons (Fsp3) is 0.111. The number of rotatable bonds is 6. The van der Waals surface area contributed by atoms with Gasteiger partial charge in [-0.1, -0.05) is 48.5 Å². The molecule has 0 spiro atoms. The zero-order valence-electron chi connectivity index (χ0n) is 18.2. The minimum atomic E-state index is -1.01. The molecule has 0 bridgehead atoms. The molecule has 0 radical (unpaired) electrons. The first kappa shape index (κ1) is 22.9. The molecule has 0 aliphatic carbocycles. The lowest BCUT2D eigenvalue weighted by molar-refractivity contribution is -0.142. The average Bonchev–Trinajstić information content (AvgIpc) is 2.82. The van der Waals surface area contributed by atoms with Gasteiger partial charge in [0.1, 0.15) is 23.4 Å².